The minimum atomic E-state index is -0.735. The maximum atomic E-state index is 12.4. The number of hydrogen-bond acceptors (Lipinski definition) is 5. The molecule has 1 aromatic carbocycles. The number of nitrogens with zero attached hydrogens (tertiary/aromatic N) is 1. The zero-order chi connectivity index (χ0) is 19.1. The highest BCUT2D eigenvalue weighted by atomic mass is 35.5. The van der Waals surface area contributed by atoms with Crippen molar-refractivity contribution in [3.63, 3.8) is 0 Å². The number of thioether (sulfide) groups is 1. The second-order valence-electron chi connectivity index (χ2n) is 5.35. The molecule has 0 aliphatic rings. The number of primary amides is 1. The lowest BCUT2D eigenvalue weighted by Crippen LogP contribution is -2.46. The van der Waals surface area contributed by atoms with Gasteiger partial charge >= 0.3 is 6.03 Å². The molecule has 0 saturated carbocycles. The number of aromatic nitrogens is 1. The van der Waals surface area contributed by atoms with Crippen LogP contribution in [0.5, 0.6) is 0 Å². The minimum absolute atomic E-state index is 0.348. The van der Waals surface area contributed by atoms with Gasteiger partial charge in [0, 0.05) is 17.5 Å². The summed E-state index contributed by atoms with van der Waals surface area (Å²) in [5.41, 5.74) is 6.02. The van der Waals surface area contributed by atoms with Crippen molar-refractivity contribution in [3.8, 4) is 0 Å². The Bertz CT molecular complexity index is 785. The number of benzene rings is 1. The molecule has 4 N–H and O–H groups in total. The summed E-state index contributed by atoms with van der Waals surface area (Å²) in [6, 6.07) is 4.02. The van der Waals surface area contributed by atoms with Crippen LogP contribution < -0.4 is 16.4 Å². The lowest BCUT2D eigenvalue weighted by Gasteiger charge is -2.15. The number of thiazole rings is 1. The number of carbonyl (C=O) groups excluding carboxylic acids is 2. The normalized spacial score (nSPS) is 11.8. The van der Waals surface area contributed by atoms with Crippen LogP contribution in [0.2, 0.25) is 10.0 Å². The molecule has 6 nitrogen and oxygen atoms in total. The zero-order valence-corrected chi connectivity index (χ0v) is 17.1. The molecule has 1 aromatic heterocycles. The molecule has 3 amide bonds. The second-order valence-corrected chi connectivity index (χ2v) is 8.24. The van der Waals surface area contributed by atoms with E-state index in [-0.39, 0.29) is 5.91 Å². The van der Waals surface area contributed by atoms with Gasteiger partial charge in [0.05, 0.1) is 10.0 Å². The van der Waals surface area contributed by atoms with E-state index < -0.39 is 12.1 Å². The molecule has 1 unspecified atom stereocenters. The number of nitrogens with two attached hydrogens (primary N) is 1. The number of urea groups is 1. The summed E-state index contributed by atoms with van der Waals surface area (Å²) in [5, 5.41) is 6.63. The number of hydrogen-bond donors (Lipinski definition) is 3. The highest BCUT2D eigenvalue weighted by Crippen LogP contribution is 2.29. The van der Waals surface area contributed by atoms with Gasteiger partial charge in [-0.1, -0.05) is 35.3 Å². The van der Waals surface area contributed by atoms with Crippen molar-refractivity contribution in [1.29, 1.82) is 0 Å². The fraction of sp³-hybridized carbons (Fsp3) is 0.312. The van der Waals surface area contributed by atoms with Crippen LogP contribution in [0, 0.1) is 0 Å². The van der Waals surface area contributed by atoms with Gasteiger partial charge in [-0.3, -0.25) is 4.79 Å². The van der Waals surface area contributed by atoms with Gasteiger partial charge < -0.3 is 16.4 Å². The van der Waals surface area contributed by atoms with E-state index in [9.17, 15) is 9.59 Å². The molecule has 2 rings (SSSR count). The molecular formula is C16H18Cl2N4O2S2. The first-order chi connectivity index (χ1) is 12.4. The predicted octanol–water partition coefficient (Wildman–Crippen LogP) is 3.77. The maximum absolute atomic E-state index is 12.4. The summed E-state index contributed by atoms with van der Waals surface area (Å²) in [7, 11) is 0. The molecular weight excluding hydrogens is 415 g/mol. The van der Waals surface area contributed by atoms with E-state index >= 15 is 0 Å². The quantitative estimate of drug-likeness (QED) is 0.591. The minimum Gasteiger partial charge on any atom is -0.352 e. The van der Waals surface area contributed by atoms with Crippen molar-refractivity contribution >= 4 is 63.4 Å². The molecule has 0 fully saturated rings. The molecule has 10 heteroatoms. The molecule has 2 aromatic rings. The molecule has 0 aliphatic heterocycles. The number of halogens is 2. The lowest BCUT2D eigenvalue weighted by atomic mass is 10.1. The average molecular weight is 433 g/mol. The Balaban J connectivity index is 2.03. The molecule has 0 spiro atoms. The highest BCUT2D eigenvalue weighted by Gasteiger charge is 2.20. The molecule has 0 bridgehead atoms. The Hall–Kier alpha value is -1.48. The first kappa shape index (κ1) is 20.8. The van der Waals surface area contributed by atoms with E-state index in [4.69, 9.17) is 28.9 Å². The fourth-order valence-electron chi connectivity index (χ4n) is 2.19. The molecule has 0 radical (unpaired) electrons. The van der Waals surface area contributed by atoms with Gasteiger partial charge in [0.25, 0.3) is 0 Å². The van der Waals surface area contributed by atoms with E-state index in [1.165, 1.54) is 11.3 Å². The van der Waals surface area contributed by atoms with Gasteiger partial charge in [0.1, 0.15) is 6.04 Å². The SMILES string of the molecule is CSCCC(NC(N)=O)C(=O)Nc1ncc(Cc2cccc(Cl)c2Cl)s1. The van der Waals surface area contributed by atoms with Crippen LogP contribution >= 0.6 is 46.3 Å². The molecule has 0 aliphatic carbocycles. The van der Waals surface area contributed by atoms with Crippen molar-refractivity contribution in [2.75, 3.05) is 17.3 Å². The Morgan fingerprint density at radius 3 is 2.85 bits per heavy atom. The number of amides is 3. The standard InChI is InChI=1S/C16H18Cl2N4O2S2/c1-25-6-5-12(21-15(19)24)14(23)22-16-20-8-10(26-16)7-9-3-2-4-11(17)13(9)18/h2-4,8,12H,5-7H2,1H3,(H3,19,21,24)(H,20,22,23). The summed E-state index contributed by atoms with van der Waals surface area (Å²) in [5.74, 6) is 0.369. The van der Waals surface area contributed by atoms with Crippen LogP contribution in [0.4, 0.5) is 9.93 Å². The third-order valence-electron chi connectivity index (χ3n) is 3.42. The summed E-state index contributed by atoms with van der Waals surface area (Å²) in [6.45, 7) is 0. The first-order valence-electron chi connectivity index (χ1n) is 7.64. The molecule has 0 saturated heterocycles. The van der Waals surface area contributed by atoms with Gasteiger partial charge in [-0.25, -0.2) is 9.78 Å². The zero-order valence-electron chi connectivity index (χ0n) is 13.9. The Morgan fingerprint density at radius 1 is 1.38 bits per heavy atom. The highest BCUT2D eigenvalue weighted by molar-refractivity contribution is 7.98. The van der Waals surface area contributed by atoms with Crippen LogP contribution in [0.3, 0.4) is 0 Å². The van der Waals surface area contributed by atoms with Gasteiger partial charge in [-0.2, -0.15) is 11.8 Å². The largest absolute Gasteiger partial charge is 0.352 e. The Labute approximate surface area is 169 Å². The number of rotatable bonds is 8. The van der Waals surface area contributed by atoms with Crippen molar-refractivity contribution in [1.82, 2.24) is 10.3 Å². The summed E-state index contributed by atoms with van der Waals surface area (Å²) >= 11 is 15.1. The van der Waals surface area contributed by atoms with Crippen LogP contribution in [0.15, 0.2) is 24.4 Å². The third-order valence-corrected chi connectivity index (χ3v) is 5.84. The van der Waals surface area contributed by atoms with E-state index in [0.29, 0.717) is 28.0 Å². The average Bonchev–Trinajstić information content (AvgIpc) is 3.02. The van der Waals surface area contributed by atoms with Crippen LogP contribution in [-0.4, -0.2) is 35.0 Å². The van der Waals surface area contributed by atoms with Gasteiger partial charge in [-0.15, -0.1) is 11.3 Å². The van der Waals surface area contributed by atoms with Crippen LogP contribution in [0.25, 0.3) is 0 Å². The summed E-state index contributed by atoms with van der Waals surface area (Å²) in [6.07, 6.45) is 4.64. The van der Waals surface area contributed by atoms with Crippen LogP contribution in [-0.2, 0) is 11.2 Å². The van der Waals surface area contributed by atoms with E-state index in [1.807, 2.05) is 18.4 Å². The van der Waals surface area contributed by atoms with Crippen molar-refractivity contribution in [3.05, 3.63) is 44.9 Å². The molecule has 140 valence electrons. The van der Waals surface area contributed by atoms with Crippen molar-refractivity contribution in [2.24, 2.45) is 5.73 Å². The molecule has 1 atom stereocenters. The summed E-state index contributed by atoms with van der Waals surface area (Å²) < 4.78 is 0. The Morgan fingerprint density at radius 2 is 2.15 bits per heavy atom. The first-order valence-corrected chi connectivity index (χ1v) is 10.6. The van der Waals surface area contributed by atoms with Gasteiger partial charge in [0.15, 0.2) is 5.13 Å². The van der Waals surface area contributed by atoms with E-state index in [2.05, 4.69) is 15.6 Å². The summed E-state index contributed by atoms with van der Waals surface area (Å²) in [4.78, 5) is 28.6. The number of nitrogens with one attached hydrogen (secondary N) is 2. The van der Waals surface area contributed by atoms with E-state index in [1.54, 1.807) is 24.0 Å². The van der Waals surface area contributed by atoms with Crippen LogP contribution in [0.1, 0.15) is 16.9 Å². The second kappa shape index (κ2) is 10.0. The molecule has 26 heavy (non-hydrogen) atoms. The lowest BCUT2D eigenvalue weighted by molar-refractivity contribution is -0.117. The smallest absolute Gasteiger partial charge is 0.312 e. The van der Waals surface area contributed by atoms with Crippen molar-refractivity contribution < 1.29 is 9.59 Å². The fourth-order valence-corrected chi connectivity index (χ4v) is 3.89. The Kier molecular flexibility index (Phi) is 8.02. The van der Waals surface area contributed by atoms with Crippen molar-refractivity contribution in [2.45, 2.75) is 18.9 Å². The number of carbonyl (C=O) groups is 2. The van der Waals surface area contributed by atoms with Gasteiger partial charge in [0.2, 0.25) is 5.91 Å². The van der Waals surface area contributed by atoms with E-state index in [0.717, 1.165) is 16.2 Å². The third kappa shape index (κ3) is 6.05. The number of anilines is 1. The monoisotopic (exact) mass is 432 g/mol. The maximum Gasteiger partial charge on any atom is 0.312 e. The topological polar surface area (TPSA) is 97.1 Å². The van der Waals surface area contributed by atoms with Gasteiger partial charge in [-0.05, 0) is 30.1 Å². The predicted molar refractivity (Wildman–Crippen MR) is 110 cm³/mol. The molecule has 1 heterocycles.